The van der Waals surface area contributed by atoms with Crippen LogP contribution in [0.3, 0.4) is 0 Å². The van der Waals surface area contributed by atoms with E-state index in [0.29, 0.717) is 12.0 Å². The SMILES string of the molecule is C=CC[C@@H](N)c1ccc(OC(F)(F)C(F)F)cc1.Cl. The van der Waals surface area contributed by atoms with Crippen LogP contribution in [0.25, 0.3) is 0 Å². The fraction of sp³-hybridized carbons (Fsp3) is 0.333. The van der Waals surface area contributed by atoms with Crippen LogP contribution >= 0.6 is 12.4 Å². The molecule has 0 aliphatic carbocycles. The lowest BCUT2D eigenvalue weighted by Gasteiger charge is -2.17. The molecule has 1 rings (SSSR count). The van der Waals surface area contributed by atoms with Gasteiger partial charge in [0.25, 0.3) is 0 Å². The van der Waals surface area contributed by atoms with Gasteiger partial charge in [-0.25, -0.2) is 0 Å². The Labute approximate surface area is 114 Å². The van der Waals surface area contributed by atoms with Crippen LogP contribution in [-0.4, -0.2) is 12.5 Å². The summed E-state index contributed by atoms with van der Waals surface area (Å²) in [7, 11) is 0. The van der Waals surface area contributed by atoms with E-state index in [1.807, 2.05) is 0 Å². The Morgan fingerprint density at radius 2 is 1.79 bits per heavy atom. The van der Waals surface area contributed by atoms with E-state index in [1.54, 1.807) is 6.08 Å². The lowest BCUT2D eigenvalue weighted by Crippen LogP contribution is -2.33. The molecule has 108 valence electrons. The molecule has 0 unspecified atom stereocenters. The molecule has 1 aromatic rings. The second-order valence-corrected chi connectivity index (χ2v) is 3.66. The molecular formula is C12H14ClF4NO. The Kier molecular flexibility index (Phi) is 6.86. The van der Waals surface area contributed by atoms with Crippen molar-refractivity contribution in [2.75, 3.05) is 0 Å². The standard InChI is InChI=1S/C12H13F4NO.ClH/c1-2-3-10(17)8-4-6-9(7-5-8)18-12(15,16)11(13)14;/h2,4-7,10-11H,1,3,17H2;1H/t10-;/m1./s1. The zero-order valence-electron chi connectivity index (χ0n) is 9.86. The Morgan fingerprint density at radius 1 is 1.26 bits per heavy atom. The van der Waals surface area contributed by atoms with Crippen LogP contribution in [0, 0.1) is 0 Å². The second kappa shape index (κ2) is 7.35. The summed E-state index contributed by atoms with van der Waals surface area (Å²) in [6.45, 7) is 3.52. The topological polar surface area (TPSA) is 35.2 Å². The number of nitrogens with two attached hydrogens (primary N) is 1. The molecule has 2 N–H and O–H groups in total. The minimum Gasteiger partial charge on any atom is -0.428 e. The van der Waals surface area contributed by atoms with Gasteiger partial charge in [0.05, 0.1) is 0 Å². The van der Waals surface area contributed by atoms with Crippen LogP contribution in [0.2, 0.25) is 0 Å². The van der Waals surface area contributed by atoms with Crippen molar-refractivity contribution in [1.29, 1.82) is 0 Å². The van der Waals surface area contributed by atoms with Crippen molar-refractivity contribution in [3.05, 3.63) is 42.5 Å². The van der Waals surface area contributed by atoms with Crippen LogP contribution in [0.4, 0.5) is 17.6 Å². The van der Waals surface area contributed by atoms with Gasteiger partial charge in [0.1, 0.15) is 5.75 Å². The van der Waals surface area contributed by atoms with Gasteiger partial charge in [-0.1, -0.05) is 18.2 Å². The first-order chi connectivity index (χ1) is 8.36. The van der Waals surface area contributed by atoms with Crippen molar-refractivity contribution in [3.8, 4) is 5.75 Å². The third kappa shape index (κ3) is 5.08. The van der Waals surface area contributed by atoms with Gasteiger partial charge >= 0.3 is 12.5 Å². The molecule has 7 heteroatoms. The molecule has 0 radical (unpaired) electrons. The fourth-order valence-corrected chi connectivity index (χ4v) is 1.30. The maximum atomic E-state index is 12.6. The average Bonchev–Trinajstić information content (AvgIpc) is 2.29. The van der Waals surface area contributed by atoms with Gasteiger partial charge in [0.15, 0.2) is 0 Å². The van der Waals surface area contributed by atoms with Crippen LogP contribution in [0.1, 0.15) is 18.0 Å². The van der Waals surface area contributed by atoms with E-state index in [4.69, 9.17) is 5.73 Å². The van der Waals surface area contributed by atoms with E-state index in [-0.39, 0.29) is 24.2 Å². The molecule has 0 saturated carbocycles. The summed E-state index contributed by atoms with van der Waals surface area (Å²) in [6.07, 6.45) is -6.22. The van der Waals surface area contributed by atoms with Crippen LogP contribution in [-0.2, 0) is 0 Å². The molecule has 0 aliphatic heterocycles. The quantitative estimate of drug-likeness (QED) is 0.638. The number of hydrogen-bond donors (Lipinski definition) is 1. The predicted octanol–water partition coefficient (Wildman–Crippen LogP) is 3.92. The first kappa shape index (κ1) is 17.7. The molecule has 0 amide bonds. The summed E-state index contributed by atoms with van der Waals surface area (Å²) in [5.41, 5.74) is 6.43. The number of ether oxygens (including phenoxy) is 1. The third-order valence-electron chi connectivity index (χ3n) is 2.24. The Morgan fingerprint density at radius 3 is 2.21 bits per heavy atom. The highest BCUT2D eigenvalue weighted by Crippen LogP contribution is 2.28. The molecule has 0 bridgehead atoms. The summed E-state index contributed by atoms with van der Waals surface area (Å²) in [6, 6.07) is 4.94. The number of halogens is 5. The van der Waals surface area contributed by atoms with Gasteiger partial charge < -0.3 is 10.5 Å². The van der Waals surface area contributed by atoms with Crippen molar-refractivity contribution < 1.29 is 22.3 Å². The van der Waals surface area contributed by atoms with Crippen LogP contribution in [0.15, 0.2) is 36.9 Å². The molecule has 0 spiro atoms. The van der Waals surface area contributed by atoms with Crippen molar-refractivity contribution in [3.63, 3.8) is 0 Å². The maximum absolute atomic E-state index is 12.6. The molecule has 0 heterocycles. The first-order valence-electron chi connectivity index (χ1n) is 5.18. The normalized spacial score (nSPS) is 12.7. The van der Waals surface area contributed by atoms with Gasteiger partial charge in [0, 0.05) is 6.04 Å². The summed E-state index contributed by atoms with van der Waals surface area (Å²) in [4.78, 5) is 0. The number of benzene rings is 1. The largest absolute Gasteiger partial charge is 0.461 e. The first-order valence-corrected chi connectivity index (χ1v) is 5.18. The van der Waals surface area contributed by atoms with Crippen LogP contribution < -0.4 is 10.5 Å². The van der Waals surface area contributed by atoms with E-state index in [1.165, 1.54) is 24.3 Å². The van der Waals surface area contributed by atoms with E-state index in [2.05, 4.69) is 11.3 Å². The zero-order chi connectivity index (χ0) is 13.8. The maximum Gasteiger partial charge on any atom is 0.461 e. The molecule has 0 fully saturated rings. The van der Waals surface area contributed by atoms with E-state index >= 15 is 0 Å². The van der Waals surface area contributed by atoms with Crippen LogP contribution in [0.5, 0.6) is 5.75 Å². The average molecular weight is 300 g/mol. The van der Waals surface area contributed by atoms with Crippen molar-refractivity contribution >= 4 is 12.4 Å². The van der Waals surface area contributed by atoms with Gasteiger partial charge in [-0.05, 0) is 24.1 Å². The van der Waals surface area contributed by atoms with Gasteiger partial charge in [-0.3, -0.25) is 0 Å². The molecule has 0 saturated heterocycles. The summed E-state index contributed by atoms with van der Waals surface area (Å²) >= 11 is 0. The van der Waals surface area contributed by atoms with Gasteiger partial charge in [-0.2, -0.15) is 17.6 Å². The van der Waals surface area contributed by atoms with E-state index < -0.39 is 12.5 Å². The highest BCUT2D eigenvalue weighted by atomic mass is 35.5. The predicted molar refractivity (Wildman–Crippen MR) is 67.0 cm³/mol. The molecule has 1 aromatic carbocycles. The molecule has 2 nitrogen and oxygen atoms in total. The number of rotatable bonds is 6. The monoisotopic (exact) mass is 299 g/mol. The molecule has 19 heavy (non-hydrogen) atoms. The van der Waals surface area contributed by atoms with Crippen molar-refractivity contribution in [2.24, 2.45) is 5.73 Å². The Hall–Kier alpha value is -1.27. The molecular weight excluding hydrogens is 286 g/mol. The Bertz CT molecular complexity index is 397. The molecule has 0 aromatic heterocycles. The van der Waals surface area contributed by atoms with E-state index in [0.717, 1.165) is 0 Å². The van der Waals surface area contributed by atoms with Gasteiger partial charge in [0.2, 0.25) is 0 Å². The van der Waals surface area contributed by atoms with E-state index in [9.17, 15) is 17.6 Å². The van der Waals surface area contributed by atoms with Crippen molar-refractivity contribution in [1.82, 2.24) is 0 Å². The second-order valence-electron chi connectivity index (χ2n) is 3.66. The highest BCUT2D eigenvalue weighted by Gasteiger charge is 2.43. The third-order valence-corrected chi connectivity index (χ3v) is 2.24. The minimum atomic E-state index is -4.50. The lowest BCUT2D eigenvalue weighted by molar-refractivity contribution is -0.253. The Balaban J connectivity index is 0.00000324. The molecule has 0 aliphatic rings. The van der Waals surface area contributed by atoms with Crippen molar-refractivity contribution in [2.45, 2.75) is 25.0 Å². The fourth-order valence-electron chi connectivity index (χ4n) is 1.30. The molecule has 1 atom stereocenters. The number of alkyl halides is 4. The summed E-state index contributed by atoms with van der Waals surface area (Å²) in [5, 5.41) is 0. The minimum absolute atomic E-state index is 0. The smallest absolute Gasteiger partial charge is 0.428 e. The number of hydrogen-bond acceptors (Lipinski definition) is 2. The van der Waals surface area contributed by atoms with Gasteiger partial charge in [-0.15, -0.1) is 19.0 Å². The summed E-state index contributed by atoms with van der Waals surface area (Å²) in [5.74, 6) is -0.338. The zero-order valence-corrected chi connectivity index (χ0v) is 10.7. The highest BCUT2D eigenvalue weighted by molar-refractivity contribution is 5.85. The summed E-state index contributed by atoms with van der Waals surface area (Å²) < 4.78 is 52.9. The lowest BCUT2D eigenvalue weighted by atomic mass is 10.0.